The van der Waals surface area contributed by atoms with Crippen LogP contribution < -0.4 is 5.73 Å². The first-order valence-electron chi connectivity index (χ1n) is 6.09. The van der Waals surface area contributed by atoms with E-state index < -0.39 is 5.97 Å². The van der Waals surface area contributed by atoms with Crippen LogP contribution in [0.15, 0.2) is 53.7 Å². The van der Waals surface area contributed by atoms with E-state index >= 15 is 0 Å². The van der Waals surface area contributed by atoms with Crippen molar-refractivity contribution in [3.63, 3.8) is 0 Å². The van der Waals surface area contributed by atoms with Gasteiger partial charge >= 0.3 is 5.97 Å². The summed E-state index contributed by atoms with van der Waals surface area (Å²) in [5, 5.41) is 4.55. The lowest BCUT2D eigenvalue weighted by Gasteiger charge is -2.03. The number of hydrogen-bond donors (Lipinski definition) is 1. The Labute approximate surface area is 132 Å². The summed E-state index contributed by atoms with van der Waals surface area (Å²) < 4.78 is 0. The first-order valence-corrected chi connectivity index (χ1v) is 6.84. The zero-order valence-corrected chi connectivity index (χ0v) is 12.4. The van der Waals surface area contributed by atoms with Gasteiger partial charge in [-0.15, -0.1) is 0 Å². The van der Waals surface area contributed by atoms with Crippen LogP contribution in [-0.4, -0.2) is 11.8 Å². The van der Waals surface area contributed by atoms with E-state index in [0.717, 1.165) is 5.56 Å². The predicted molar refractivity (Wildman–Crippen MR) is 83.6 cm³/mol. The van der Waals surface area contributed by atoms with Crippen molar-refractivity contribution in [1.82, 2.24) is 0 Å². The first-order chi connectivity index (χ1) is 10.1. The molecule has 2 N–H and O–H groups in total. The molecule has 0 bridgehead atoms. The molecule has 0 fully saturated rings. The molecule has 0 unspecified atom stereocenters. The van der Waals surface area contributed by atoms with E-state index in [0.29, 0.717) is 16.5 Å². The van der Waals surface area contributed by atoms with E-state index in [1.807, 2.05) is 12.1 Å². The number of nitrogens with two attached hydrogens (primary N) is 1. The molecule has 0 heterocycles. The predicted octanol–water partition coefficient (Wildman–Crippen LogP) is 3.67. The maximum absolute atomic E-state index is 11.8. The molecule has 21 heavy (non-hydrogen) atoms. The molecule has 2 rings (SSSR count). The molecule has 0 radical (unpaired) electrons. The van der Waals surface area contributed by atoms with Gasteiger partial charge in [-0.25, -0.2) is 4.79 Å². The largest absolute Gasteiger partial charge is 0.384 e. The minimum atomic E-state index is -0.653. The van der Waals surface area contributed by atoms with Crippen LogP contribution in [0.4, 0.5) is 0 Å². The minimum Gasteiger partial charge on any atom is -0.384 e. The average Bonchev–Trinajstić information content (AvgIpc) is 2.48. The molecular weight excluding hydrogens is 311 g/mol. The number of nitrogens with zero attached hydrogens (tertiary/aromatic N) is 1. The number of carbonyl (C=O) groups excluding carboxylic acids is 1. The molecule has 0 atom stereocenters. The molecule has 0 amide bonds. The van der Waals surface area contributed by atoms with E-state index in [1.165, 1.54) is 0 Å². The Morgan fingerprint density at radius 3 is 2.43 bits per heavy atom. The Bertz CT molecular complexity index is 670. The second-order valence-corrected chi connectivity index (χ2v) is 5.09. The van der Waals surface area contributed by atoms with Gasteiger partial charge in [0.2, 0.25) is 0 Å². The quantitative estimate of drug-likeness (QED) is 0.404. The third-order valence-electron chi connectivity index (χ3n) is 2.64. The molecule has 4 nitrogen and oxygen atoms in total. The summed E-state index contributed by atoms with van der Waals surface area (Å²) in [4.78, 5) is 16.6. The van der Waals surface area contributed by atoms with Crippen molar-refractivity contribution < 1.29 is 9.63 Å². The van der Waals surface area contributed by atoms with Gasteiger partial charge in [-0.2, -0.15) is 0 Å². The van der Waals surface area contributed by atoms with E-state index in [9.17, 15) is 4.79 Å². The Kier molecular flexibility index (Phi) is 5.20. The Morgan fingerprint density at radius 1 is 1.10 bits per heavy atom. The van der Waals surface area contributed by atoms with Crippen LogP contribution >= 0.6 is 23.2 Å². The summed E-state index contributed by atoms with van der Waals surface area (Å²) >= 11 is 11.7. The minimum absolute atomic E-state index is 0.178. The lowest BCUT2D eigenvalue weighted by atomic mass is 10.1. The van der Waals surface area contributed by atoms with Crippen molar-refractivity contribution in [3.05, 3.63) is 69.7 Å². The van der Waals surface area contributed by atoms with Gasteiger partial charge in [0.15, 0.2) is 0 Å². The number of halogens is 2. The third kappa shape index (κ3) is 4.48. The molecular formula is C15H12Cl2N2O2. The molecule has 0 spiro atoms. The molecule has 0 saturated carbocycles. The van der Waals surface area contributed by atoms with Crippen molar-refractivity contribution >= 4 is 35.0 Å². The molecule has 0 aliphatic heterocycles. The van der Waals surface area contributed by atoms with Crippen LogP contribution in [-0.2, 0) is 11.3 Å². The number of oxime groups is 1. The molecule has 108 valence electrons. The highest BCUT2D eigenvalue weighted by atomic mass is 35.5. The fourth-order valence-corrected chi connectivity index (χ4v) is 1.96. The summed E-state index contributed by atoms with van der Waals surface area (Å²) in [6.45, 7) is 0. The molecule has 2 aromatic carbocycles. The summed E-state index contributed by atoms with van der Waals surface area (Å²) in [5.41, 5.74) is 6.86. The van der Waals surface area contributed by atoms with Gasteiger partial charge in [-0.05, 0) is 29.8 Å². The van der Waals surface area contributed by atoms with Crippen LogP contribution in [0.2, 0.25) is 10.0 Å². The number of rotatable bonds is 4. The highest BCUT2D eigenvalue weighted by molar-refractivity contribution is 6.33. The summed E-state index contributed by atoms with van der Waals surface area (Å²) in [5.74, 6) is -0.475. The Balaban J connectivity index is 1.99. The van der Waals surface area contributed by atoms with Crippen LogP contribution in [0.25, 0.3) is 0 Å². The summed E-state index contributed by atoms with van der Waals surface area (Å²) in [6, 6.07) is 13.7. The zero-order chi connectivity index (χ0) is 15.2. The van der Waals surface area contributed by atoms with Crippen LogP contribution in [0.5, 0.6) is 0 Å². The monoisotopic (exact) mass is 322 g/mol. The average molecular weight is 323 g/mol. The van der Waals surface area contributed by atoms with E-state index in [1.54, 1.807) is 36.4 Å². The number of hydrogen-bond acceptors (Lipinski definition) is 3. The van der Waals surface area contributed by atoms with Gasteiger partial charge in [0.25, 0.3) is 0 Å². The second-order valence-electron chi connectivity index (χ2n) is 4.24. The van der Waals surface area contributed by atoms with Crippen molar-refractivity contribution in [2.75, 3.05) is 0 Å². The number of carbonyl (C=O) groups is 1. The number of benzene rings is 2. The summed E-state index contributed by atoms with van der Waals surface area (Å²) in [6.07, 6.45) is 0.354. The molecule has 0 aliphatic rings. The number of amidine groups is 1. The molecule has 2 aromatic rings. The van der Waals surface area contributed by atoms with Crippen molar-refractivity contribution in [1.29, 1.82) is 0 Å². The van der Waals surface area contributed by atoms with Gasteiger partial charge in [0, 0.05) is 11.4 Å². The van der Waals surface area contributed by atoms with Crippen molar-refractivity contribution in [3.8, 4) is 0 Å². The molecule has 6 heteroatoms. The second kappa shape index (κ2) is 7.11. The normalized spacial score (nSPS) is 11.2. The topological polar surface area (TPSA) is 64.7 Å². The van der Waals surface area contributed by atoms with Gasteiger partial charge in [0.1, 0.15) is 5.84 Å². The zero-order valence-electron chi connectivity index (χ0n) is 10.9. The fraction of sp³-hybridized carbons (Fsp3) is 0.0667. The van der Waals surface area contributed by atoms with Gasteiger partial charge < -0.3 is 10.6 Å². The highest BCUT2D eigenvalue weighted by Crippen LogP contribution is 2.16. The fourth-order valence-electron chi connectivity index (χ4n) is 1.62. The SMILES string of the molecule is N/C(Cc1ccc(Cl)cc1)=N/OC(=O)c1ccccc1Cl. The Hall–Kier alpha value is -2.04. The molecule has 0 aliphatic carbocycles. The van der Waals surface area contributed by atoms with Crippen molar-refractivity contribution in [2.45, 2.75) is 6.42 Å². The Morgan fingerprint density at radius 2 is 1.76 bits per heavy atom. The van der Waals surface area contributed by atoms with Crippen LogP contribution in [0, 0.1) is 0 Å². The maximum Gasteiger partial charge on any atom is 0.367 e. The first kappa shape index (κ1) is 15.4. The lowest BCUT2D eigenvalue weighted by Crippen LogP contribution is -2.16. The van der Waals surface area contributed by atoms with Crippen LogP contribution in [0.1, 0.15) is 15.9 Å². The highest BCUT2D eigenvalue weighted by Gasteiger charge is 2.11. The third-order valence-corrected chi connectivity index (χ3v) is 3.22. The molecule has 0 saturated heterocycles. The standard InChI is InChI=1S/C15H12Cl2N2O2/c16-11-7-5-10(6-8-11)9-14(18)19-21-15(20)12-3-1-2-4-13(12)17/h1-8H,9H2,(H2,18,19). The smallest absolute Gasteiger partial charge is 0.367 e. The van der Waals surface area contributed by atoms with E-state index in [4.69, 9.17) is 33.8 Å². The van der Waals surface area contributed by atoms with Gasteiger partial charge in [0.05, 0.1) is 10.6 Å². The lowest BCUT2D eigenvalue weighted by molar-refractivity contribution is 0.0515. The van der Waals surface area contributed by atoms with Gasteiger partial charge in [-0.1, -0.05) is 52.6 Å². The van der Waals surface area contributed by atoms with Crippen molar-refractivity contribution in [2.24, 2.45) is 10.9 Å². The summed E-state index contributed by atoms with van der Waals surface area (Å²) in [7, 11) is 0. The maximum atomic E-state index is 11.8. The van der Waals surface area contributed by atoms with Crippen LogP contribution in [0.3, 0.4) is 0 Å². The molecule has 0 aromatic heterocycles. The van der Waals surface area contributed by atoms with E-state index in [-0.39, 0.29) is 11.4 Å². The van der Waals surface area contributed by atoms with E-state index in [2.05, 4.69) is 5.16 Å². The van der Waals surface area contributed by atoms with Gasteiger partial charge in [-0.3, -0.25) is 0 Å².